The van der Waals surface area contributed by atoms with Gasteiger partial charge in [-0.05, 0) is 24.5 Å². The van der Waals surface area contributed by atoms with E-state index in [1.807, 2.05) is 24.3 Å². The number of anilines is 1. The van der Waals surface area contributed by atoms with Crippen molar-refractivity contribution < 1.29 is 12.6 Å². The van der Waals surface area contributed by atoms with Gasteiger partial charge in [0.1, 0.15) is 0 Å². The van der Waals surface area contributed by atoms with Crippen molar-refractivity contribution in [2.75, 3.05) is 10.9 Å². The highest BCUT2D eigenvalue weighted by Crippen LogP contribution is 2.36. The number of aryl methyl sites for hydroxylation is 1. The molecule has 1 fully saturated rings. The lowest BCUT2D eigenvalue weighted by atomic mass is 9.99. The minimum Gasteiger partial charge on any atom is -0.251 e. The molecule has 1 atom stereocenters. The Hall–Kier alpha value is -1.07. The van der Waals surface area contributed by atoms with E-state index in [0.717, 1.165) is 24.1 Å². The molecule has 0 N–H and O–H groups in total. The molecule has 0 spiro atoms. The van der Waals surface area contributed by atoms with E-state index in [-0.39, 0.29) is 12.6 Å². The molecular weight excluding hydrogens is 214 g/mol. The van der Waals surface area contributed by atoms with Crippen molar-refractivity contribution in [3.05, 3.63) is 29.8 Å². The maximum Gasteiger partial charge on any atom is 0.362 e. The van der Waals surface area contributed by atoms with Gasteiger partial charge in [-0.3, -0.25) is 4.18 Å². The fourth-order valence-electron chi connectivity index (χ4n) is 2.25. The van der Waals surface area contributed by atoms with Crippen LogP contribution in [0.4, 0.5) is 5.69 Å². The highest BCUT2D eigenvalue weighted by Gasteiger charge is 2.41. The monoisotopic (exact) mass is 225 g/mol. The SMILES string of the molecule is O=S1(=O)OC[C@@H]2CCc3ccccc3N21. The molecule has 0 bridgehead atoms. The first kappa shape index (κ1) is 9.18. The zero-order chi connectivity index (χ0) is 10.5. The van der Waals surface area contributed by atoms with Gasteiger partial charge in [0.05, 0.1) is 18.3 Å². The van der Waals surface area contributed by atoms with Gasteiger partial charge in [-0.15, -0.1) is 0 Å². The van der Waals surface area contributed by atoms with Crippen LogP contribution >= 0.6 is 0 Å². The van der Waals surface area contributed by atoms with Crippen molar-refractivity contribution in [1.82, 2.24) is 0 Å². The molecule has 2 aliphatic heterocycles. The normalized spacial score (nSPS) is 27.2. The van der Waals surface area contributed by atoms with Crippen molar-refractivity contribution in [1.29, 1.82) is 0 Å². The lowest BCUT2D eigenvalue weighted by Gasteiger charge is -2.29. The molecule has 1 saturated heterocycles. The van der Waals surface area contributed by atoms with E-state index >= 15 is 0 Å². The van der Waals surface area contributed by atoms with Crippen LogP contribution in [0.5, 0.6) is 0 Å². The molecule has 0 aliphatic carbocycles. The predicted molar refractivity (Wildman–Crippen MR) is 55.9 cm³/mol. The lowest BCUT2D eigenvalue weighted by molar-refractivity contribution is 0.331. The van der Waals surface area contributed by atoms with Crippen LogP contribution in [0, 0.1) is 0 Å². The van der Waals surface area contributed by atoms with Gasteiger partial charge >= 0.3 is 10.3 Å². The van der Waals surface area contributed by atoms with Gasteiger partial charge in [-0.2, -0.15) is 8.42 Å². The van der Waals surface area contributed by atoms with Gasteiger partial charge in [0.25, 0.3) is 0 Å². The predicted octanol–water partition coefficient (Wildman–Crippen LogP) is 1.08. The Balaban J connectivity index is 2.18. The maximum atomic E-state index is 11.7. The number of nitrogens with zero attached hydrogens (tertiary/aromatic N) is 1. The van der Waals surface area contributed by atoms with Crippen molar-refractivity contribution in [2.45, 2.75) is 18.9 Å². The van der Waals surface area contributed by atoms with E-state index in [2.05, 4.69) is 0 Å². The molecule has 5 heteroatoms. The summed E-state index contributed by atoms with van der Waals surface area (Å²) < 4.78 is 29.6. The average molecular weight is 225 g/mol. The second-order valence-corrected chi connectivity index (χ2v) is 5.34. The van der Waals surface area contributed by atoms with Crippen LogP contribution in [0.3, 0.4) is 0 Å². The molecule has 0 aromatic heterocycles. The zero-order valence-corrected chi connectivity index (χ0v) is 8.90. The Morgan fingerprint density at radius 2 is 2.13 bits per heavy atom. The van der Waals surface area contributed by atoms with Gasteiger partial charge in [0, 0.05) is 0 Å². The number of hydrogen-bond donors (Lipinski definition) is 0. The highest BCUT2D eigenvalue weighted by molar-refractivity contribution is 7.88. The molecule has 15 heavy (non-hydrogen) atoms. The minimum absolute atomic E-state index is 0.00935. The third-order valence-corrected chi connectivity index (χ3v) is 4.37. The van der Waals surface area contributed by atoms with Gasteiger partial charge in [0.2, 0.25) is 0 Å². The van der Waals surface area contributed by atoms with E-state index < -0.39 is 10.3 Å². The highest BCUT2D eigenvalue weighted by atomic mass is 32.2. The molecule has 2 aliphatic rings. The second-order valence-electron chi connectivity index (χ2n) is 3.86. The molecule has 4 nitrogen and oxygen atoms in total. The van der Waals surface area contributed by atoms with Crippen LogP contribution in [-0.2, 0) is 20.9 Å². The van der Waals surface area contributed by atoms with Crippen LogP contribution in [0.15, 0.2) is 24.3 Å². The van der Waals surface area contributed by atoms with Crippen molar-refractivity contribution in [2.24, 2.45) is 0 Å². The summed E-state index contributed by atoms with van der Waals surface area (Å²) in [5, 5.41) is 0. The van der Waals surface area contributed by atoms with Crippen LogP contribution in [0.1, 0.15) is 12.0 Å². The van der Waals surface area contributed by atoms with E-state index in [0.29, 0.717) is 0 Å². The first-order chi connectivity index (χ1) is 7.18. The molecule has 0 amide bonds. The van der Waals surface area contributed by atoms with E-state index in [1.54, 1.807) is 0 Å². The summed E-state index contributed by atoms with van der Waals surface area (Å²) in [6, 6.07) is 7.59. The Morgan fingerprint density at radius 1 is 1.33 bits per heavy atom. The molecular formula is C10H11NO3S. The molecule has 3 rings (SSSR count). The largest absolute Gasteiger partial charge is 0.362 e. The average Bonchev–Trinajstić information content (AvgIpc) is 2.55. The van der Waals surface area contributed by atoms with E-state index in [4.69, 9.17) is 4.18 Å². The van der Waals surface area contributed by atoms with Crippen molar-refractivity contribution in [3.8, 4) is 0 Å². The first-order valence-corrected chi connectivity index (χ1v) is 6.32. The van der Waals surface area contributed by atoms with Gasteiger partial charge in [0.15, 0.2) is 0 Å². The summed E-state index contributed by atoms with van der Waals surface area (Å²) in [5.74, 6) is 0. The molecule has 0 unspecified atom stereocenters. The lowest BCUT2D eigenvalue weighted by Crippen LogP contribution is -2.37. The van der Waals surface area contributed by atoms with Crippen LogP contribution in [-0.4, -0.2) is 21.1 Å². The Bertz CT molecular complexity index is 497. The van der Waals surface area contributed by atoms with Crippen LogP contribution in [0.2, 0.25) is 0 Å². The molecule has 1 aromatic rings. The molecule has 80 valence electrons. The molecule has 0 radical (unpaired) electrons. The minimum atomic E-state index is -3.53. The number of hydrogen-bond acceptors (Lipinski definition) is 3. The third kappa shape index (κ3) is 1.27. The fourth-order valence-corrected chi connectivity index (χ4v) is 3.64. The fraction of sp³-hybridized carbons (Fsp3) is 0.400. The summed E-state index contributed by atoms with van der Waals surface area (Å²) in [7, 11) is -3.53. The van der Waals surface area contributed by atoms with E-state index in [1.165, 1.54) is 4.31 Å². The zero-order valence-electron chi connectivity index (χ0n) is 8.09. The van der Waals surface area contributed by atoms with Gasteiger partial charge in [-0.1, -0.05) is 18.2 Å². The number of fused-ring (bicyclic) bond motifs is 3. The second kappa shape index (κ2) is 2.96. The summed E-state index contributed by atoms with van der Waals surface area (Å²) >= 11 is 0. The number of para-hydroxylation sites is 1. The first-order valence-electron chi connectivity index (χ1n) is 4.95. The van der Waals surface area contributed by atoms with E-state index in [9.17, 15) is 8.42 Å². The van der Waals surface area contributed by atoms with Crippen molar-refractivity contribution in [3.63, 3.8) is 0 Å². The summed E-state index contributed by atoms with van der Waals surface area (Å²) in [5.41, 5.74) is 1.87. The summed E-state index contributed by atoms with van der Waals surface area (Å²) in [6.07, 6.45) is 1.77. The smallest absolute Gasteiger partial charge is 0.251 e. The third-order valence-electron chi connectivity index (χ3n) is 2.96. The Morgan fingerprint density at radius 3 is 3.00 bits per heavy atom. The maximum absolute atomic E-state index is 11.7. The molecule has 2 heterocycles. The van der Waals surface area contributed by atoms with Gasteiger partial charge in [-0.25, -0.2) is 4.31 Å². The molecule has 0 saturated carbocycles. The topological polar surface area (TPSA) is 46.6 Å². The molecule has 1 aromatic carbocycles. The van der Waals surface area contributed by atoms with Crippen LogP contribution < -0.4 is 4.31 Å². The number of benzene rings is 1. The standard InChI is InChI=1S/C10H11NO3S/c12-15(13)11-9(7-14-15)6-5-8-3-1-2-4-10(8)11/h1-4,9H,5-7H2/t9-/m0/s1. The number of rotatable bonds is 0. The van der Waals surface area contributed by atoms with Crippen molar-refractivity contribution >= 4 is 16.0 Å². The summed E-state index contributed by atoms with van der Waals surface area (Å²) in [6.45, 7) is 0.288. The van der Waals surface area contributed by atoms with Crippen LogP contribution in [0.25, 0.3) is 0 Å². The summed E-state index contributed by atoms with van der Waals surface area (Å²) in [4.78, 5) is 0. The Labute approximate surface area is 88.7 Å². The Kier molecular flexibility index (Phi) is 1.81. The quantitative estimate of drug-likeness (QED) is 0.664. The van der Waals surface area contributed by atoms with Gasteiger partial charge < -0.3 is 0 Å².